The molecule has 1 aliphatic rings. The number of carboxylic acids is 1. The van der Waals surface area contributed by atoms with Crippen LogP contribution in [0.15, 0.2) is 0 Å². The second kappa shape index (κ2) is 8.79. The van der Waals surface area contributed by atoms with Gasteiger partial charge in [-0.05, 0) is 6.42 Å². The summed E-state index contributed by atoms with van der Waals surface area (Å²) in [4.78, 5) is 24.1. The lowest BCUT2D eigenvalue weighted by molar-refractivity contribution is -0.141. The number of carbonyl (C=O) groups is 2. The van der Waals surface area contributed by atoms with Crippen molar-refractivity contribution < 1.29 is 19.8 Å². The van der Waals surface area contributed by atoms with E-state index in [4.69, 9.17) is 5.11 Å². The highest BCUT2D eigenvalue weighted by molar-refractivity contribution is 5.83. The Bertz CT molecular complexity index is 322. The van der Waals surface area contributed by atoms with Gasteiger partial charge in [-0.2, -0.15) is 0 Å². The number of β-amino-alcohol motifs (C(OH)–C–C–N with tert-alkyl or cyclic N) is 1. The molecule has 2 atom stereocenters. The van der Waals surface area contributed by atoms with Crippen LogP contribution < -0.4 is 5.32 Å². The number of carbonyl (C=O) groups excluding carboxylic acids is 1. The van der Waals surface area contributed by atoms with Gasteiger partial charge in [-0.1, -0.05) is 39.0 Å². The van der Waals surface area contributed by atoms with Crippen molar-refractivity contribution in [3.05, 3.63) is 0 Å². The molecule has 20 heavy (non-hydrogen) atoms. The molecule has 116 valence electrons. The van der Waals surface area contributed by atoms with Crippen LogP contribution in [0.1, 0.15) is 51.9 Å². The summed E-state index contributed by atoms with van der Waals surface area (Å²) in [5.41, 5.74) is 0. The Morgan fingerprint density at radius 1 is 1.20 bits per heavy atom. The summed E-state index contributed by atoms with van der Waals surface area (Å²) in [5, 5.41) is 21.2. The van der Waals surface area contributed by atoms with E-state index in [1.165, 1.54) is 30.6 Å². The SMILES string of the molecule is CCCCCCCCNC(=O)N1C[C@H](O)C[C@H]1C(=O)O. The van der Waals surface area contributed by atoms with Gasteiger partial charge in [0.25, 0.3) is 0 Å². The molecule has 6 heteroatoms. The first-order valence-corrected chi connectivity index (χ1v) is 7.51. The highest BCUT2D eigenvalue weighted by Crippen LogP contribution is 2.18. The van der Waals surface area contributed by atoms with E-state index in [0.717, 1.165) is 12.8 Å². The van der Waals surface area contributed by atoms with Crippen molar-refractivity contribution in [1.29, 1.82) is 0 Å². The molecule has 0 bridgehead atoms. The average molecular weight is 286 g/mol. The summed E-state index contributed by atoms with van der Waals surface area (Å²) in [6.45, 7) is 2.83. The zero-order chi connectivity index (χ0) is 15.0. The third-order valence-electron chi connectivity index (χ3n) is 3.63. The number of carboxylic acid groups (broad SMARTS) is 1. The van der Waals surface area contributed by atoms with Gasteiger partial charge in [0.1, 0.15) is 6.04 Å². The van der Waals surface area contributed by atoms with Crippen molar-refractivity contribution in [3.63, 3.8) is 0 Å². The number of hydrogen-bond acceptors (Lipinski definition) is 3. The maximum atomic E-state index is 11.9. The third-order valence-corrected chi connectivity index (χ3v) is 3.63. The van der Waals surface area contributed by atoms with Crippen LogP contribution in [0.5, 0.6) is 0 Å². The number of aliphatic hydroxyl groups excluding tert-OH is 1. The van der Waals surface area contributed by atoms with Crippen molar-refractivity contribution in [2.75, 3.05) is 13.1 Å². The van der Waals surface area contributed by atoms with Gasteiger partial charge in [-0.25, -0.2) is 9.59 Å². The second-order valence-corrected chi connectivity index (χ2v) is 5.40. The first-order chi connectivity index (χ1) is 9.56. The molecule has 0 aromatic rings. The van der Waals surface area contributed by atoms with Crippen LogP contribution >= 0.6 is 0 Å². The molecule has 0 saturated carbocycles. The van der Waals surface area contributed by atoms with Crippen molar-refractivity contribution in [1.82, 2.24) is 10.2 Å². The van der Waals surface area contributed by atoms with Crippen molar-refractivity contribution in [3.8, 4) is 0 Å². The van der Waals surface area contributed by atoms with Crippen molar-refractivity contribution >= 4 is 12.0 Å². The lowest BCUT2D eigenvalue weighted by Gasteiger charge is -2.21. The Morgan fingerprint density at radius 3 is 2.50 bits per heavy atom. The Labute approximate surface area is 120 Å². The minimum Gasteiger partial charge on any atom is -0.480 e. The molecule has 6 nitrogen and oxygen atoms in total. The molecule has 0 aliphatic carbocycles. The molecule has 0 radical (unpaired) electrons. The number of nitrogens with zero attached hydrogens (tertiary/aromatic N) is 1. The molecule has 0 aromatic carbocycles. The largest absolute Gasteiger partial charge is 0.480 e. The average Bonchev–Trinajstić information content (AvgIpc) is 2.80. The van der Waals surface area contributed by atoms with E-state index < -0.39 is 18.1 Å². The van der Waals surface area contributed by atoms with E-state index in [1.807, 2.05) is 0 Å². The first-order valence-electron chi connectivity index (χ1n) is 7.51. The number of unbranched alkanes of at least 4 members (excludes halogenated alkanes) is 5. The summed E-state index contributed by atoms with van der Waals surface area (Å²) in [6, 6.07) is -1.29. The monoisotopic (exact) mass is 286 g/mol. The fourth-order valence-electron chi connectivity index (χ4n) is 2.47. The lowest BCUT2D eigenvalue weighted by atomic mass is 10.1. The molecule has 1 fully saturated rings. The van der Waals surface area contributed by atoms with E-state index in [9.17, 15) is 14.7 Å². The Kier molecular flexibility index (Phi) is 7.36. The van der Waals surface area contributed by atoms with Crippen LogP contribution in [0.25, 0.3) is 0 Å². The van der Waals surface area contributed by atoms with Crippen LogP contribution in [0.3, 0.4) is 0 Å². The highest BCUT2D eigenvalue weighted by atomic mass is 16.4. The standard InChI is InChI=1S/C14H26N2O4/c1-2-3-4-5-6-7-8-15-14(20)16-10-11(17)9-12(16)13(18)19/h11-12,17H,2-10H2,1H3,(H,15,20)(H,18,19)/t11-,12+/m1/s1. The molecule has 1 heterocycles. The molecule has 0 unspecified atom stereocenters. The van der Waals surface area contributed by atoms with Gasteiger partial charge in [0.2, 0.25) is 0 Å². The second-order valence-electron chi connectivity index (χ2n) is 5.40. The summed E-state index contributed by atoms with van der Waals surface area (Å²) in [7, 11) is 0. The van der Waals surface area contributed by atoms with Gasteiger partial charge in [0, 0.05) is 19.5 Å². The number of aliphatic hydroxyl groups is 1. The summed E-state index contributed by atoms with van der Waals surface area (Å²) < 4.78 is 0. The van der Waals surface area contributed by atoms with Crippen LogP contribution in [-0.2, 0) is 4.79 Å². The first kappa shape index (κ1) is 16.8. The molecule has 0 aromatic heterocycles. The predicted octanol–water partition coefficient (Wildman–Crippen LogP) is 1.58. The Balaban J connectivity index is 2.20. The third kappa shape index (κ3) is 5.36. The van der Waals surface area contributed by atoms with E-state index in [0.29, 0.717) is 6.54 Å². The van der Waals surface area contributed by atoms with Crippen LogP contribution in [-0.4, -0.2) is 52.3 Å². The highest BCUT2D eigenvalue weighted by Gasteiger charge is 2.38. The van der Waals surface area contributed by atoms with E-state index >= 15 is 0 Å². The summed E-state index contributed by atoms with van der Waals surface area (Å²) in [6.07, 6.45) is 6.21. The van der Waals surface area contributed by atoms with Crippen LogP contribution in [0.4, 0.5) is 4.79 Å². The number of amides is 2. The fraction of sp³-hybridized carbons (Fsp3) is 0.857. The van der Waals surface area contributed by atoms with Gasteiger partial charge in [-0.15, -0.1) is 0 Å². The molecular weight excluding hydrogens is 260 g/mol. The Hall–Kier alpha value is -1.30. The number of hydrogen-bond donors (Lipinski definition) is 3. The normalized spacial score (nSPS) is 22.0. The van der Waals surface area contributed by atoms with Gasteiger partial charge in [0.05, 0.1) is 6.10 Å². The van der Waals surface area contributed by atoms with Gasteiger partial charge in [-0.3, -0.25) is 0 Å². The molecule has 1 saturated heterocycles. The molecule has 1 aliphatic heterocycles. The Morgan fingerprint density at radius 2 is 1.85 bits per heavy atom. The van der Waals surface area contributed by atoms with Gasteiger partial charge < -0.3 is 20.4 Å². The summed E-state index contributed by atoms with van der Waals surface area (Å²) >= 11 is 0. The zero-order valence-corrected chi connectivity index (χ0v) is 12.2. The summed E-state index contributed by atoms with van der Waals surface area (Å²) in [5.74, 6) is -1.06. The van der Waals surface area contributed by atoms with Gasteiger partial charge >= 0.3 is 12.0 Å². The lowest BCUT2D eigenvalue weighted by Crippen LogP contribution is -2.46. The fourth-order valence-corrected chi connectivity index (χ4v) is 2.47. The predicted molar refractivity (Wildman–Crippen MR) is 75.5 cm³/mol. The van der Waals surface area contributed by atoms with Crippen LogP contribution in [0.2, 0.25) is 0 Å². The number of rotatable bonds is 8. The minimum absolute atomic E-state index is 0.0965. The molecule has 3 N–H and O–H groups in total. The smallest absolute Gasteiger partial charge is 0.326 e. The zero-order valence-electron chi connectivity index (χ0n) is 12.2. The minimum atomic E-state index is -1.06. The van der Waals surface area contributed by atoms with Crippen LogP contribution in [0, 0.1) is 0 Å². The van der Waals surface area contributed by atoms with Gasteiger partial charge in [0.15, 0.2) is 0 Å². The molecule has 1 rings (SSSR count). The van der Waals surface area contributed by atoms with Crippen molar-refractivity contribution in [2.24, 2.45) is 0 Å². The molecule has 0 spiro atoms. The van der Waals surface area contributed by atoms with E-state index in [2.05, 4.69) is 12.2 Å². The molecular formula is C14H26N2O4. The number of urea groups is 1. The van der Waals surface area contributed by atoms with Crippen molar-refractivity contribution in [2.45, 2.75) is 64.0 Å². The number of likely N-dealkylation sites (tertiary alicyclic amines) is 1. The number of nitrogens with one attached hydrogen (secondary N) is 1. The van der Waals surface area contributed by atoms with E-state index in [1.54, 1.807) is 0 Å². The maximum absolute atomic E-state index is 11.9. The van der Waals surface area contributed by atoms with E-state index in [-0.39, 0.29) is 19.0 Å². The quantitative estimate of drug-likeness (QED) is 0.591. The maximum Gasteiger partial charge on any atom is 0.326 e. The molecule has 2 amide bonds. The topological polar surface area (TPSA) is 89.9 Å². The number of aliphatic carboxylic acids is 1.